The Labute approximate surface area is 97.5 Å². The number of nitrogens with one attached hydrogen (secondary N) is 1. The van der Waals surface area contributed by atoms with E-state index < -0.39 is 6.09 Å². The van der Waals surface area contributed by atoms with E-state index in [1.165, 1.54) is 6.20 Å². The van der Waals surface area contributed by atoms with E-state index in [4.69, 9.17) is 0 Å². The molecule has 0 aliphatic rings. The molecule has 1 heterocycles. The number of rotatable bonds is 2. The van der Waals surface area contributed by atoms with Crippen LogP contribution in [-0.2, 0) is 4.74 Å². The molecule has 0 fully saturated rings. The fourth-order valence-corrected chi connectivity index (χ4v) is 1.60. The summed E-state index contributed by atoms with van der Waals surface area (Å²) in [7, 11) is 0. The average Bonchev–Trinajstić information content (AvgIpc) is 2.10. The summed E-state index contributed by atoms with van der Waals surface area (Å²) in [5.41, 5.74) is 0. The molecule has 0 spiro atoms. The minimum atomic E-state index is -0.551. The molecule has 1 rings (SSSR count). The Bertz CT molecular complexity index is 346. The van der Waals surface area contributed by atoms with Crippen LogP contribution in [0.5, 0.6) is 0 Å². The van der Waals surface area contributed by atoms with Gasteiger partial charge in [0.05, 0.1) is 12.8 Å². The molecule has 76 valence electrons. The van der Waals surface area contributed by atoms with Crippen molar-refractivity contribution in [2.45, 2.75) is 6.92 Å². The zero-order valence-electron chi connectivity index (χ0n) is 7.25. The SMILES string of the molecule is CCOC(=O)Nc1ncc(Br)nc1Br. The first-order chi connectivity index (χ1) is 6.63. The van der Waals surface area contributed by atoms with Crippen LogP contribution >= 0.6 is 31.9 Å². The quantitative estimate of drug-likeness (QED) is 0.908. The molecular formula is C7H7Br2N3O2. The van der Waals surface area contributed by atoms with Crippen molar-refractivity contribution in [1.82, 2.24) is 9.97 Å². The fraction of sp³-hybridized carbons (Fsp3) is 0.286. The lowest BCUT2D eigenvalue weighted by Gasteiger charge is -2.05. The standard InChI is InChI=1S/C7H7Br2N3O2/c1-2-14-7(13)12-6-5(9)11-4(8)3-10-6/h3H,2H2,1H3,(H,10,12,13). The number of hydrogen-bond donors (Lipinski definition) is 1. The summed E-state index contributed by atoms with van der Waals surface area (Å²) in [6, 6.07) is 0. The summed E-state index contributed by atoms with van der Waals surface area (Å²) in [5, 5.41) is 2.44. The number of anilines is 1. The van der Waals surface area contributed by atoms with Crippen molar-refractivity contribution in [3.8, 4) is 0 Å². The predicted octanol–water partition coefficient (Wildman–Crippen LogP) is 2.57. The van der Waals surface area contributed by atoms with Gasteiger partial charge in [-0.2, -0.15) is 0 Å². The Balaban J connectivity index is 2.72. The summed E-state index contributed by atoms with van der Waals surface area (Å²) in [6.45, 7) is 2.04. The van der Waals surface area contributed by atoms with Gasteiger partial charge < -0.3 is 4.74 Å². The summed E-state index contributed by atoms with van der Waals surface area (Å²) in [4.78, 5) is 18.9. The molecule has 1 aromatic heterocycles. The van der Waals surface area contributed by atoms with Crippen molar-refractivity contribution in [3.63, 3.8) is 0 Å². The molecule has 0 aliphatic carbocycles. The van der Waals surface area contributed by atoms with Gasteiger partial charge >= 0.3 is 6.09 Å². The molecule has 0 bridgehead atoms. The smallest absolute Gasteiger partial charge is 0.412 e. The molecule has 7 heteroatoms. The van der Waals surface area contributed by atoms with Crippen LogP contribution in [0.25, 0.3) is 0 Å². The van der Waals surface area contributed by atoms with Gasteiger partial charge in [-0.1, -0.05) is 0 Å². The third kappa shape index (κ3) is 3.22. The summed E-state index contributed by atoms with van der Waals surface area (Å²) < 4.78 is 5.71. The van der Waals surface area contributed by atoms with Crippen LogP contribution < -0.4 is 5.32 Å². The molecule has 14 heavy (non-hydrogen) atoms. The van der Waals surface area contributed by atoms with E-state index >= 15 is 0 Å². The monoisotopic (exact) mass is 323 g/mol. The first-order valence-corrected chi connectivity index (χ1v) is 5.34. The summed E-state index contributed by atoms with van der Waals surface area (Å²) in [5.74, 6) is 0.326. The van der Waals surface area contributed by atoms with Crippen molar-refractivity contribution in [2.24, 2.45) is 0 Å². The van der Waals surface area contributed by atoms with Crippen molar-refractivity contribution in [2.75, 3.05) is 11.9 Å². The van der Waals surface area contributed by atoms with Gasteiger partial charge in [0, 0.05) is 0 Å². The van der Waals surface area contributed by atoms with E-state index in [0.29, 0.717) is 21.6 Å². The molecule has 1 aromatic rings. The van der Waals surface area contributed by atoms with E-state index in [2.05, 4.69) is 51.9 Å². The third-order valence-electron chi connectivity index (χ3n) is 1.20. The fourth-order valence-electron chi connectivity index (χ4n) is 0.694. The molecule has 0 aromatic carbocycles. The number of carbonyl (C=O) groups is 1. The maximum absolute atomic E-state index is 11.0. The van der Waals surface area contributed by atoms with Gasteiger partial charge in [-0.15, -0.1) is 0 Å². The van der Waals surface area contributed by atoms with Crippen LogP contribution in [0, 0.1) is 0 Å². The van der Waals surface area contributed by atoms with Crippen LogP contribution in [-0.4, -0.2) is 22.7 Å². The first kappa shape index (κ1) is 11.4. The molecule has 0 aliphatic heterocycles. The third-order valence-corrected chi connectivity index (χ3v) is 2.13. The van der Waals surface area contributed by atoms with Gasteiger partial charge in [-0.25, -0.2) is 14.8 Å². The van der Waals surface area contributed by atoms with Gasteiger partial charge in [0.25, 0.3) is 0 Å². The maximum Gasteiger partial charge on any atom is 0.412 e. The van der Waals surface area contributed by atoms with E-state index in [9.17, 15) is 4.79 Å². The highest BCUT2D eigenvalue weighted by Gasteiger charge is 2.08. The van der Waals surface area contributed by atoms with Crippen molar-refractivity contribution in [3.05, 3.63) is 15.4 Å². The van der Waals surface area contributed by atoms with Crippen LogP contribution in [0.15, 0.2) is 15.4 Å². The Kier molecular flexibility index (Phi) is 4.27. The molecule has 5 nitrogen and oxygen atoms in total. The number of hydrogen-bond acceptors (Lipinski definition) is 4. The number of nitrogens with zero attached hydrogens (tertiary/aromatic N) is 2. The van der Waals surface area contributed by atoms with Gasteiger partial charge in [-0.3, -0.25) is 5.32 Å². The van der Waals surface area contributed by atoms with Crippen molar-refractivity contribution < 1.29 is 9.53 Å². The number of halogens is 2. The number of amides is 1. The highest BCUT2D eigenvalue weighted by molar-refractivity contribution is 9.11. The van der Waals surface area contributed by atoms with E-state index in [1.54, 1.807) is 6.92 Å². The van der Waals surface area contributed by atoms with Gasteiger partial charge in [0.1, 0.15) is 9.21 Å². The highest BCUT2D eigenvalue weighted by atomic mass is 79.9. The number of ether oxygens (including phenoxy) is 1. The lowest BCUT2D eigenvalue weighted by molar-refractivity contribution is 0.168. The van der Waals surface area contributed by atoms with Gasteiger partial charge in [0.2, 0.25) is 0 Å². The normalized spacial score (nSPS) is 9.64. The maximum atomic E-state index is 11.0. The molecule has 0 radical (unpaired) electrons. The van der Waals surface area contributed by atoms with Gasteiger partial charge in [-0.05, 0) is 38.8 Å². The van der Waals surface area contributed by atoms with Crippen LogP contribution in [0.1, 0.15) is 6.92 Å². The predicted molar refractivity (Wildman–Crippen MR) is 58.1 cm³/mol. The molecule has 0 saturated carbocycles. The van der Waals surface area contributed by atoms with Crippen molar-refractivity contribution in [1.29, 1.82) is 0 Å². The minimum Gasteiger partial charge on any atom is -0.450 e. The molecule has 0 unspecified atom stereocenters. The minimum absolute atomic E-state index is 0.313. The van der Waals surface area contributed by atoms with Crippen LogP contribution in [0.2, 0.25) is 0 Å². The second kappa shape index (κ2) is 5.26. The first-order valence-electron chi connectivity index (χ1n) is 3.75. The Morgan fingerprint density at radius 2 is 2.36 bits per heavy atom. The zero-order chi connectivity index (χ0) is 10.6. The second-order valence-electron chi connectivity index (χ2n) is 2.18. The van der Waals surface area contributed by atoms with Crippen LogP contribution in [0.3, 0.4) is 0 Å². The Morgan fingerprint density at radius 3 is 2.93 bits per heavy atom. The van der Waals surface area contributed by atoms with Crippen molar-refractivity contribution >= 4 is 43.8 Å². The Morgan fingerprint density at radius 1 is 1.64 bits per heavy atom. The molecule has 1 amide bonds. The lowest BCUT2D eigenvalue weighted by Crippen LogP contribution is -2.15. The second-order valence-corrected chi connectivity index (χ2v) is 3.74. The van der Waals surface area contributed by atoms with E-state index in [0.717, 1.165) is 0 Å². The molecule has 0 atom stereocenters. The molecular weight excluding hydrogens is 318 g/mol. The van der Waals surface area contributed by atoms with E-state index in [1.807, 2.05) is 0 Å². The topological polar surface area (TPSA) is 64.1 Å². The zero-order valence-corrected chi connectivity index (χ0v) is 10.4. The lowest BCUT2D eigenvalue weighted by atomic mass is 10.6. The number of aromatic nitrogens is 2. The molecule has 1 N–H and O–H groups in total. The van der Waals surface area contributed by atoms with Gasteiger partial charge in [0.15, 0.2) is 5.82 Å². The molecule has 0 saturated heterocycles. The summed E-state index contributed by atoms with van der Waals surface area (Å²) >= 11 is 6.30. The highest BCUT2D eigenvalue weighted by Crippen LogP contribution is 2.19. The number of carbonyl (C=O) groups excluding carboxylic acids is 1. The Hall–Kier alpha value is -0.690. The summed E-state index contributed by atoms with van der Waals surface area (Å²) in [6.07, 6.45) is 0.927. The average molecular weight is 325 g/mol. The van der Waals surface area contributed by atoms with E-state index in [-0.39, 0.29) is 0 Å². The largest absolute Gasteiger partial charge is 0.450 e. The van der Waals surface area contributed by atoms with Crippen LogP contribution in [0.4, 0.5) is 10.6 Å².